The quantitative estimate of drug-likeness (QED) is 0.727. The molecular formula is C20H20BrN3O. The molecule has 25 heavy (non-hydrogen) atoms. The summed E-state index contributed by atoms with van der Waals surface area (Å²) in [7, 11) is 0. The number of rotatable bonds is 3. The van der Waals surface area contributed by atoms with Crippen molar-refractivity contribution in [3.8, 4) is 0 Å². The molecule has 3 aromatic rings. The Balaban J connectivity index is 1.38. The maximum atomic E-state index is 12.6. The summed E-state index contributed by atoms with van der Waals surface area (Å²) in [6, 6.07) is 16.0. The van der Waals surface area contributed by atoms with Crippen molar-refractivity contribution in [2.24, 2.45) is 0 Å². The van der Waals surface area contributed by atoms with Crippen LogP contribution in [0.25, 0.3) is 10.9 Å². The number of nitrogens with one attached hydrogen (secondary N) is 1. The number of nitrogens with zero attached hydrogens (tertiary/aromatic N) is 2. The van der Waals surface area contributed by atoms with Gasteiger partial charge in [-0.25, -0.2) is 0 Å². The molecule has 0 saturated carbocycles. The zero-order valence-corrected chi connectivity index (χ0v) is 15.5. The first-order chi connectivity index (χ1) is 12.2. The molecule has 5 heteroatoms. The summed E-state index contributed by atoms with van der Waals surface area (Å²) in [5.41, 5.74) is 3.26. The Morgan fingerprint density at radius 3 is 2.48 bits per heavy atom. The summed E-state index contributed by atoms with van der Waals surface area (Å²) in [5.74, 6) is 0.124. The van der Waals surface area contributed by atoms with E-state index in [-0.39, 0.29) is 5.91 Å². The van der Waals surface area contributed by atoms with Crippen LogP contribution in [0, 0.1) is 0 Å². The summed E-state index contributed by atoms with van der Waals surface area (Å²) in [6.45, 7) is 4.28. The van der Waals surface area contributed by atoms with Gasteiger partial charge in [0.1, 0.15) is 0 Å². The Labute approximate surface area is 155 Å². The minimum atomic E-state index is 0.124. The summed E-state index contributed by atoms with van der Waals surface area (Å²) < 4.78 is 0.993. The van der Waals surface area contributed by atoms with Crippen LogP contribution in [0.15, 0.2) is 59.2 Å². The SMILES string of the molecule is O=C(c1ccc(Br)cc1)N1CCN(Cc2c[nH]c3ccccc23)CC1. The van der Waals surface area contributed by atoms with E-state index in [1.54, 1.807) is 0 Å². The minimum absolute atomic E-state index is 0.124. The number of fused-ring (bicyclic) bond motifs is 1. The first kappa shape index (κ1) is 16.4. The standard InChI is InChI=1S/C20H20BrN3O/c21-17-7-5-15(6-8-17)20(25)24-11-9-23(10-12-24)14-16-13-22-19-4-2-1-3-18(16)19/h1-8,13,22H,9-12,14H2. The molecule has 1 saturated heterocycles. The Kier molecular flexibility index (Phi) is 4.59. The van der Waals surface area contributed by atoms with Gasteiger partial charge in [-0.15, -0.1) is 0 Å². The Morgan fingerprint density at radius 2 is 1.72 bits per heavy atom. The van der Waals surface area contributed by atoms with Crippen molar-refractivity contribution >= 4 is 32.7 Å². The fraction of sp³-hybridized carbons (Fsp3) is 0.250. The van der Waals surface area contributed by atoms with E-state index < -0.39 is 0 Å². The molecule has 1 N–H and O–H groups in total. The molecule has 0 bridgehead atoms. The van der Waals surface area contributed by atoms with Crippen LogP contribution in [0.5, 0.6) is 0 Å². The van der Waals surface area contributed by atoms with Gasteiger partial charge in [-0.05, 0) is 35.9 Å². The highest BCUT2D eigenvalue weighted by atomic mass is 79.9. The van der Waals surface area contributed by atoms with Crippen LogP contribution in [-0.4, -0.2) is 46.9 Å². The molecule has 2 aromatic carbocycles. The van der Waals surface area contributed by atoms with Crippen LogP contribution < -0.4 is 0 Å². The average Bonchev–Trinajstić information content (AvgIpc) is 3.06. The number of amides is 1. The molecule has 1 aromatic heterocycles. The van der Waals surface area contributed by atoms with Crippen LogP contribution in [-0.2, 0) is 6.54 Å². The molecule has 0 atom stereocenters. The number of para-hydroxylation sites is 1. The summed E-state index contributed by atoms with van der Waals surface area (Å²) in [5, 5.41) is 1.29. The molecule has 128 valence electrons. The van der Waals surface area contributed by atoms with Crippen molar-refractivity contribution < 1.29 is 4.79 Å². The average molecular weight is 398 g/mol. The maximum Gasteiger partial charge on any atom is 0.253 e. The highest BCUT2D eigenvalue weighted by molar-refractivity contribution is 9.10. The number of hydrogen-bond acceptors (Lipinski definition) is 2. The molecule has 0 radical (unpaired) electrons. The summed E-state index contributed by atoms with van der Waals surface area (Å²) >= 11 is 3.41. The van der Waals surface area contributed by atoms with E-state index in [4.69, 9.17) is 0 Å². The molecule has 1 aliphatic rings. The van der Waals surface area contributed by atoms with Gasteiger partial charge in [0, 0.05) is 59.9 Å². The van der Waals surface area contributed by atoms with Gasteiger partial charge in [0.2, 0.25) is 0 Å². The van der Waals surface area contributed by atoms with Gasteiger partial charge in [0.15, 0.2) is 0 Å². The highest BCUT2D eigenvalue weighted by Gasteiger charge is 2.22. The van der Waals surface area contributed by atoms with Gasteiger partial charge in [-0.3, -0.25) is 9.69 Å². The molecule has 0 unspecified atom stereocenters. The van der Waals surface area contributed by atoms with E-state index >= 15 is 0 Å². The fourth-order valence-corrected chi connectivity index (χ4v) is 3.65. The van der Waals surface area contributed by atoms with Crippen molar-refractivity contribution in [2.75, 3.05) is 26.2 Å². The second-order valence-corrected chi connectivity index (χ2v) is 7.35. The number of benzene rings is 2. The molecular weight excluding hydrogens is 378 g/mol. The smallest absolute Gasteiger partial charge is 0.253 e. The molecule has 1 aliphatic heterocycles. The summed E-state index contributed by atoms with van der Waals surface area (Å²) in [6.07, 6.45) is 2.10. The van der Waals surface area contributed by atoms with Crippen LogP contribution in [0.4, 0.5) is 0 Å². The van der Waals surface area contributed by atoms with E-state index in [2.05, 4.69) is 56.3 Å². The lowest BCUT2D eigenvalue weighted by molar-refractivity contribution is 0.0629. The van der Waals surface area contributed by atoms with Crippen LogP contribution in [0.2, 0.25) is 0 Å². The van der Waals surface area contributed by atoms with Crippen molar-refractivity contribution in [1.29, 1.82) is 0 Å². The number of aromatic amines is 1. The molecule has 0 spiro atoms. The lowest BCUT2D eigenvalue weighted by atomic mass is 10.1. The van der Waals surface area contributed by atoms with Crippen LogP contribution >= 0.6 is 15.9 Å². The van der Waals surface area contributed by atoms with Crippen molar-refractivity contribution in [3.63, 3.8) is 0 Å². The molecule has 1 amide bonds. The van der Waals surface area contributed by atoms with E-state index in [1.807, 2.05) is 29.2 Å². The zero-order chi connectivity index (χ0) is 17.2. The number of piperazine rings is 1. The number of carbonyl (C=O) groups is 1. The third kappa shape index (κ3) is 3.48. The van der Waals surface area contributed by atoms with Crippen LogP contribution in [0.3, 0.4) is 0 Å². The zero-order valence-electron chi connectivity index (χ0n) is 13.9. The molecule has 4 nitrogen and oxygen atoms in total. The van der Waals surface area contributed by atoms with Crippen LogP contribution in [0.1, 0.15) is 15.9 Å². The van der Waals surface area contributed by atoms with Gasteiger partial charge in [-0.1, -0.05) is 34.1 Å². The monoisotopic (exact) mass is 397 g/mol. The second kappa shape index (κ2) is 7.02. The van der Waals surface area contributed by atoms with Crippen molar-refractivity contribution in [2.45, 2.75) is 6.54 Å². The Morgan fingerprint density at radius 1 is 1.00 bits per heavy atom. The van der Waals surface area contributed by atoms with E-state index in [0.29, 0.717) is 0 Å². The lowest BCUT2D eigenvalue weighted by Gasteiger charge is -2.34. The number of carbonyl (C=O) groups excluding carboxylic acids is 1. The van der Waals surface area contributed by atoms with Crippen molar-refractivity contribution in [1.82, 2.24) is 14.8 Å². The minimum Gasteiger partial charge on any atom is -0.361 e. The third-order valence-electron chi connectivity index (χ3n) is 4.82. The number of halogens is 1. The fourth-order valence-electron chi connectivity index (χ4n) is 3.39. The Bertz CT molecular complexity index is 879. The lowest BCUT2D eigenvalue weighted by Crippen LogP contribution is -2.48. The Hall–Kier alpha value is -2.11. The normalized spacial score (nSPS) is 15.6. The van der Waals surface area contributed by atoms with Crippen molar-refractivity contribution in [3.05, 3.63) is 70.3 Å². The topological polar surface area (TPSA) is 39.3 Å². The third-order valence-corrected chi connectivity index (χ3v) is 5.35. The van der Waals surface area contributed by atoms with E-state index in [9.17, 15) is 4.79 Å². The maximum absolute atomic E-state index is 12.6. The van der Waals surface area contributed by atoms with Gasteiger partial charge >= 0.3 is 0 Å². The van der Waals surface area contributed by atoms with Gasteiger partial charge in [0.05, 0.1) is 0 Å². The van der Waals surface area contributed by atoms with Gasteiger partial charge in [0.25, 0.3) is 5.91 Å². The first-order valence-electron chi connectivity index (χ1n) is 8.53. The van der Waals surface area contributed by atoms with Gasteiger partial charge < -0.3 is 9.88 Å². The largest absolute Gasteiger partial charge is 0.361 e. The molecule has 1 fully saturated rings. The molecule has 2 heterocycles. The number of aromatic nitrogens is 1. The van der Waals surface area contributed by atoms with Gasteiger partial charge in [-0.2, -0.15) is 0 Å². The predicted molar refractivity (Wildman–Crippen MR) is 104 cm³/mol. The van der Waals surface area contributed by atoms with E-state index in [0.717, 1.165) is 42.8 Å². The molecule has 4 rings (SSSR count). The molecule has 0 aliphatic carbocycles. The number of hydrogen-bond donors (Lipinski definition) is 1. The first-order valence-corrected chi connectivity index (χ1v) is 9.32. The number of H-pyrrole nitrogens is 1. The summed E-state index contributed by atoms with van der Waals surface area (Å²) in [4.78, 5) is 20.3. The van der Waals surface area contributed by atoms with E-state index in [1.165, 1.54) is 16.5 Å². The second-order valence-electron chi connectivity index (χ2n) is 6.43. The highest BCUT2D eigenvalue weighted by Crippen LogP contribution is 2.20. The predicted octanol–water partition coefficient (Wildman–Crippen LogP) is 3.89.